The normalized spacial score (nSPS) is 11.1. The number of nitrogens with zero attached hydrogens (tertiary/aromatic N) is 3. The topological polar surface area (TPSA) is 39.9 Å². The fraction of sp³-hybridized carbons (Fsp3) is 0.100. The van der Waals surface area contributed by atoms with Crippen LogP contribution in [0.2, 0.25) is 5.28 Å². The van der Waals surface area contributed by atoms with Gasteiger partial charge in [0.2, 0.25) is 5.28 Å². The van der Waals surface area contributed by atoms with Crippen LogP contribution in [-0.2, 0) is 0 Å². The van der Waals surface area contributed by atoms with Gasteiger partial charge in [-0.2, -0.15) is 0 Å². The van der Waals surface area contributed by atoms with Crippen LogP contribution in [-0.4, -0.2) is 21.6 Å². The highest BCUT2D eigenvalue weighted by Crippen LogP contribution is 2.34. The molecule has 0 amide bonds. The fourth-order valence-corrected chi connectivity index (χ4v) is 3.41. The van der Waals surface area contributed by atoms with Crippen molar-refractivity contribution in [3.63, 3.8) is 0 Å². The number of hydrogen-bond donors (Lipinski definition) is 0. The first-order valence-corrected chi connectivity index (χ1v) is 8.51. The first kappa shape index (κ1) is 17.4. The number of imidazole rings is 1. The summed E-state index contributed by atoms with van der Waals surface area (Å²) in [5, 5.41) is 0.854. The van der Waals surface area contributed by atoms with Gasteiger partial charge in [-0.3, -0.25) is 9.55 Å². The zero-order chi connectivity index (χ0) is 19.1. The number of pyridine rings is 1. The zero-order valence-electron chi connectivity index (χ0n) is 14.5. The van der Waals surface area contributed by atoms with Gasteiger partial charge in [0.05, 0.1) is 24.0 Å². The molecule has 0 radical (unpaired) electrons. The lowest BCUT2D eigenvalue weighted by atomic mass is 10.1. The quantitative estimate of drug-likeness (QED) is 0.478. The number of fused-ring (bicyclic) bond motifs is 1. The molecule has 0 aliphatic rings. The third kappa shape index (κ3) is 2.92. The van der Waals surface area contributed by atoms with Crippen LogP contribution in [0.4, 0.5) is 8.78 Å². The summed E-state index contributed by atoms with van der Waals surface area (Å²) in [6.07, 6.45) is 1.64. The Morgan fingerprint density at radius 3 is 2.48 bits per heavy atom. The molecule has 136 valence electrons. The Balaban J connectivity index is 1.99. The molecule has 4 rings (SSSR count). The highest BCUT2D eigenvalue weighted by atomic mass is 35.5. The summed E-state index contributed by atoms with van der Waals surface area (Å²) in [5.74, 6) is -1.53. The van der Waals surface area contributed by atoms with E-state index in [4.69, 9.17) is 16.3 Å². The van der Waals surface area contributed by atoms with E-state index in [2.05, 4.69) is 9.97 Å². The van der Waals surface area contributed by atoms with E-state index in [-0.39, 0.29) is 16.7 Å². The average molecular weight is 386 g/mol. The minimum Gasteiger partial charge on any atom is -0.497 e. The highest BCUT2D eigenvalue weighted by molar-refractivity contribution is 6.29. The molecule has 0 atom stereocenters. The number of benzene rings is 2. The van der Waals surface area contributed by atoms with E-state index in [9.17, 15) is 8.78 Å². The predicted molar refractivity (Wildman–Crippen MR) is 101 cm³/mol. The number of halogens is 3. The van der Waals surface area contributed by atoms with Crippen LogP contribution in [0.3, 0.4) is 0 Å². The van der Waals surface area contributed by atoms with Crippen LogP contribution in [0, 0.1) is 18.6 Å². The maximum atomic E-state index is 14.7. The number of para-hydroxylation sites is 1. The van der Waals surface area contributed by atoms with Gasteiger partial charge in [0.25, 0.3) is 0 Å². The molecular formula is C20H14ClF2N3O. The van der Waals surface area contributed by atoms with Crippen molar-refractivity contribution >= 4 is 22.5 Å². The van der Waals surface area contributed by atoms with E-state index in [1.165, 1.54) is 11.7 Å². The minimum atomic E-state index is -0.804. The monoisotopic (exact) mass is 385 g/mol. The van der Waals surface area contributed by atoms with Crippen LogP contribution in [0.1, 0.15) is 5.69 Å². The molecule has 0 saturated heterocycles. The lowest BCUT2D eigenvalue weighted by Gasteiger charge is -2.13. The van der Waals surface area contributed by atoms with Gasteiger partial charge in [-0.05, 0) is 30.7 Å². The molecule has 27 heavy (non-hydrogen) atoms. The van der Waals surface area contributed by atoms with Crippen molar-refractivity contribution < 1.29 is 13.5 Å². The van der Waals surface area contributed by atoms with Crippen molar-refractivity contribution in [3.8, 4) is 22.7 Å². The van der Waals surface area contributed by atoms with Crippen molar-refractivity contribution in [1.82, 2.24) is 14.5 Å². The lowest BCUT2D eigenvalue weighted by Crippen LogP contribution is -2.05. The molecule has 0 unspecified atom stereocenters. The average Bonchev–Trinajstić information content (AvgIpc) is 2.94. The molecular weight excluding hydrogens is 372 g/mol. The lowest BCUT2D eigenvalue weighted by molar-refractivity contribution is 0.406. The molecule has 0 bridgehead atoms. The smallest absolute Gasteiger partial charge is 0.208 e. The summed E-state index contributed by atoms with van der Waals surface area (Å²) in [6, 6.07) is 11.7. The number of ether oxygens (including phenoxy) is 1. The summed E-state index contributed by atoms with van der Waals surface area (Å²) in [4.78, 5) is 8.63. The molecule has 0 saturated carbocycles. The Kier molecular flexibility index (Phi) is 4.28. The Morgan fingerprint density at radius 1 is 1.07 bits per heavy atom. The number of methoxy groups -OCH3 is 1. The van der Waals surface area contributed by atoms with Gasteiger partial charge in [-0.25, -0.2) is 13.8 Å². The second kappa shape index (κ2) is 6.63. The predicted octanol–water partition coefficient (Wildman–Crippen LogP) is 5.34. The van der Waals surface area contributed by atoms with Crippen LogP contribution in [0.25, 0.3) is 27.8 Å². The molecule has 4 nitrogen and oxygen atoms in total. The van der Waals surface area contributed by atoms with E-state index in [0.717, 1.165) is 23.0 Å². The van der Waals surface area contributed by atoms with E-state index in [0.29, 0.717) is 17.0 Å². The fourth-order valence-electron chi connectivity index (χ4n) is 3.11. The van der Waals surface area contributed by atoms with Gasteiger partial charge in [-0.1, -0.05) is 18.2 Å². The summed E-state index contributed by atoms with van der Waals surface area (Å²) in [6.45, 7) is 1.73. The molecule has 2 heterocycles. The molecule has 0 spiro atoms. The standard InChI is InChI=1S/C20H14ClF2N3O/c1-11-18(13-7-12-5-3-4-6-17(12)24-10-13)26(20(21)25-11)19-15(22)8-14(27-2)9-16(19)23/h3-10H,1-2H3. The van der Waals surface area contributed by atoms with Gasteiger partial charge < -0.3 is 4.74 Å². The van der Waals surface area contributed by atoms with E-state index >= 15 is 0 Å². The molecule has 0 aliphatic carbocycles. The molecule has 0 aliphatic heterocycles. The third-order valence-corrected chi connectivity index (χ3v) is 4.58. The molecule has 2 aromatic carbocycles. The largest absolute Gasteiger partial charge is 0.497 e. The number of rotatable bonds is 3. The van der Waals surface area contributed by atoms with E-state index in [1.807, 2.05) is 30.3 Å². The van der Waals surface area contributed by atoms with Crippen molar-refractivity contribution in [2.24, 2.45) is 0 Å². The minimum absolute atomic E-state index is 0.0429. The van der Waals surface area contributed by atoms with Crippen LogP contribution >= 0.6 is 11.6 Å². The van der Waals surface area contributed by atoms with Gasteiger partial charge in [-0.15, -0.1) is 0 Å². The summed E-state index contributed by atoms with van der Waals surface area (Å²) < 4.78 is 35.5. The number of aryl methyl sites for hydroxylation is 1. The van der Waals surface area contributed by atoms with E-state index in [1.54, 1.807) is 13.1 Å². The van der Waals surface area contributed by atoms with E-state index < -0.39 is 11.6 Å². The van der Waals surface area contributed by atoms with Crippen molar-refractivity contribution in [2.75, 3.05) is 7.11 Å². The first-order chi connectivity index (χ1) is 13.0. The van der Waals surface area contributed by atoms with Gasteiger partial charge in [0.15, 0.2) is 11.6 Å². The molecule has 2 aromatic heterocycles. The molecule has 7 heteroatoms. The van der Waals surface area contributed by atoms with Crippen molar-refractivity contribution in [3.05, 3.63) is 71.3 Å². The van der Waals surface area contributed by atoms with Crippen molar-refractivity contribution in [2.45, 2.75) is 6.92 Å². The zero-order valence-corrected chi connectivity index (χ0v) is 15.3. The SMILES string of the molecule is COc1cc(F)c(-n2c(Cl)nc(C)c2-c2cnc3ccccc3c2)c(F)c1. The Morgan fingerprint density at radius 2 is 1.78 bits per heavy atom. The molecule has 4 aromatic rings. The van der Waals surface area contributed by atoms with Crippen LogP contribution < -0.4 is 4.74 Å². The Labute approximate surface area is 159 Å². The van der Waals surface area contributed by atoms with Gasteiger partial charge in [0.1, 0.15) is 11.4 Å². The van der Waals surface area contributed by atoms with Gasteiger partial charge >= 0.3 is 0 Å². The first-order valence-electron chi connectivity index (χ1n) is 8.13. The number of aromatic nitrogens is 3. The maximum absolute atomic E-state index is 14.7. The Bertz CT molecular complexity index is 1150. The second-order valence-electron chi connectivity index (χ2n) is 6.01. The third-order valence-electron chi connectivity index (χ3n) is 4.32. The van der Waals surface area contributed by atoms with Crippen molar-refractivity contribution in [1.29, 1.82) is 0 Å². The molecule has 0 N–H and O–H groups in total. The van der Waals surface area contributed by atoms with Gasteiger partial charge in [0, 0.05) is 29.3 Å². The number of hydrogen-bond acceptors (Lipinski definition) is 3. The summed E-state index contributed by atoms with van der Waals surface area (Å²) >= 11 is 6.24. The van der Waals surface area contributed by atoms with Crippen LogP contribution in [0.5, 0.6) is 5.75 Å². The maximum Gasteiger partial charge on any atom is 0.208 e. The Hall–Kier alpha value is -2.99. The summed E-state index contributed by atoms with van der Waals surface area (Å²) in [5.41, 5.74) is 2.16. The second-order valence-corrected chi connectivity index (χ2v) is 6.34. The van der Waals surface area contributed by atoms with Crippen LogP contribution in [0.15, 0.2) is 48.7 Å². The highest BCUT2D eigenvalue weighted by Gasteiger charge is 2.23. The summed E-state index contributed by atoms with van der Waals surface area (Å²) in [7, 11) is 1.34. The molecule has 0 fully saturated rings.